The van der Waals surface area contributed by atoms with Crippen LogP contribution in [0.25, 0.3) is 5.69 Å². The molecule has 3 rings (SSSR count). The first-order chi connectivity index (χ1) is 13.9. The van der Waals surface area contributed by atoms with E-state index >= 15 is 0 Å². The van der Waals surface area contributed by atoms with Crippen molar-refractivity contribution in [1.82, 2.24) is 9.88 Å². The molecule has 0 aliphatic rings. The van der Waals surface area contributed by atoms with Crippen molar-refractivity contribution in [3.63, 3.8) is 0 Å². The summed E-state index contributed by atoms with van der Waals surface area (Å²) in [6, 6.07) is 15.8. The molecule has 0 radical (unpaired) electrons. The third kappa shape index (κ3) is 4.50. The van der Waals surface area contributed by atoms with Crippen LogP contribution in [0.4, 0.5) is 0 Å². The van der Waals surface area contributed by atoms with E-state index in [-0.39, 0.29) is 5.56 Å². The molecule has 0 bridgehead atoms. The van der Waals surface area contributed by atoms with Gasteiger partial charge in [-0.2, -0.15) is 0 Å². The summed E-state index contributed by atoms with van der Waals surface area (Å²) in [6.45, 7) is 2.40. The third-order valence-corrected chi connectivity index (χ3v) is 5.00. The van der Waals surface area contributed by atoms with Gasteiger partial charge in [0.15, 0.2) is 0 Å². The van der Waals surface area contributed by atoms with Gasteiger partial charge in [0.05, 0.1) is 12.8 Å². The monoisotopic (exact) mass is 411 g/mol. The van der Waals surface area contributed by atoms with Gasteiger partial charge in [-0.1, -0.05) is 29.8 Å². The molecule has 3 N–H and O–H groups in total. The van der Waals surface area contributed by atoms with Crippen LogP contribution in [0.2, 0.25) is 5.02 Å². The van der Waals surface area contributed by atoms with E-state index in [1.165, 1.54) is 10.6 Å². The number of methoxy groups -OCH3 is 1. The fourth-order valence-corrected chi connectivity index (χ4v) is 3.24. The van der Waals surface area contributed by atoms with E-state index in [1.807, 2.05) is 24.3 Å². The molecule has 0 spiro atoms. The Morgan fingerprint density at radius 2 is 1.86 bits per heavy atom. The van der Waals surface area contributed by atoms with Crippen molar-refractivity contribution < 1.29 is 9.53 Å². The molecule has 7 heteroatoms. The van der Waals surface area contributed by atoms with Crippen molar-refractivity contribution in [2.24, 2.45) is 5.73 Å². The maximum absolute atomic E-state index is 13.0. The number of carbonyl (C=O) groups excluding carboxylic acids is 1. The van der Waals surface area contributed by atoms with Crippen LogP contribution in [-0.4, -0.2) is 17.6 Å². The third-order valence-electron chi connectivity index (χ3n) is 4.65. The van der Waals surface area contributed by atoms with Crippen LogP contribution in [0, 0.1) is 6.92 Å². The number of hydrogen-bond acceptors (Lipinski definition) is 4. The molecule has 2 aromatic carbocycles. The number of hydrogen-bond donors (Lipinski definition) is 2. The minimum Gasteiger partial charge on any atom is -0.497 e. The lowest BCUT2D eigenvalue weighted by atomic mass is 10.1. The number of pyridine rings is 1. The lowest BCUT2D eigenvalue weighted by Gasteiger charge is -2.13. The maximum Gasteiger partial charge on any atom is 0.268 e. The Morgan fingerprint density at radius 1 is 1.14 bits per heavy atom. The summed E-state index contributed by atoms with van der Waals surface area (Å²) in [5.41, 5.74) is 8.26. The molecule has 0 fully saturated rings. The number of carbonyl (C=O) groups is 1. The highest BCUT2D eigenvalue weighted by atomic mass is 35.5. The topological polar surface area (TPSA) is 86.3 Å². The Bertz CT molecular complexity index is 1090. The average molecular weight is 412 g/mol. The van der Waals surface area contributed by atoms with Gasteiger partial charge < -0.3 is 15.8 Å². The molecule has 3 aromatic rings. The summed E-state index contributed by atoms with van der Waals surface area (Å²) in [6.07, 6.45) is 0. The smallest absolute Gasteiger partial charge is 0.268 e. The van der Waals surface area contributed by atoms with E-state index in [0.717, 1.165) is 16.9 Å². The maximum atomic E-state index is 13.0. The second-order valence-electron chi connectivity index (χ2n) is 6.54. The van der Waals surface area contributed by atoms with Gasteiger partial charge in [-0.05, 0) is 54.4 Å². The number of nitrogens with one attached hydrogen (secondary N) is 1. The standard InChI is InChI=1S/C22H22ClN3O3/c1-14-3-10-19(21(27)25-13-15-4-8-18(29-2)9-5-15)22(28)26(14)17-7-6-16(12-24)20(23)11-17/h3-11H,12-13,24H2,1-2H3,(H,25,27). The second kappa shape index (κ2) is 8.94. The summed E-state index contributed by atoms with van der Waals surface area (Å²) < 4.78 is 6.59. The zero-order chi connectivity index (χ0) is 21.0. The van der Waals surface area contributed by atoms with Crippen LogP contribution in [0.3, 0.4) is 0 Å². The molecule has 150 valence electrons. The van der Waals surface area contributed by atoms with Gasteiger partial charge in [-0.3, -0.25) is 14.2 Å². The van der Waals surface area contributed by atoms with Crippen LogP contribution >= 0.6 is 11.6 Å². The fourth-order valence-electron chi connectivity index (χ4n) is 2.99. The summed E-state index contributed by atoms with van der Waals surface area (Å²) in [4.78, 5) is 25.6. The molecular formula is C22H22ClN3O3. The first-order valence-corrected chi connectivity index (χ1v) is 9.45. The number of ether oxygens (including phenoxy) is 1. The quantitative estimate of drug-likeness (QED) is 0.652. The van der Waals surface area contributed by atoms with Gasteiger partial charge in [-0.25, -0.2) is 0 Å². The van der Waals surface area contributed by atoms with E-state index in [9.17, 15) is 9.59 Å². The van der Waals surface area contributed by atoms with E-state index in [2.05, 4.69) is 5.32 Å². The molecule has 0 saturated heterocycles. The lowest BCUT2D eigenvalue weighted by molar-refractivity contribution is 0.0949. The molecule has 1 heterocycles. The van der Waals surface area contributed by atoms with Crippen molar-refractivity contribution in [2.75, 3.05) is 7.11 Å². The molecule has 6 nitrogen and oxygen atoms in total. The highest BCUT2D eigenvalue weighted by Gasteiger charge is 2.15. The highest BCUT2D eigenvalue weighted by molar-refractivity contribution is 6.31. The first kappa shape index (κ1) is 20.6. The molecule has 0 unspecified atom stereocenters. The number of amides is 1. The molecular weight excluding hydrogens is 390 g/mol. The lowest BCUT2D eigenvalue weighted by Crippen LogP contribution is -2.33. The van der Waals surface area contributed by atoms with Gasteiger partial charge in [-0.15, -0.1) is 0 Å². The number of aromatic nitrogens is 1. The van der Waals surface area contributed by atoms with E-state index in [1.54, 1.807) is 38.3 Å². The molecule has 0 aliphatic carbocycles. The zero-order valence-electron chi connectivity index (χ0n) is 16.2. The van der Waals surface area contributed by atoms with Crippen molar-refractivity contribution in [3.8, 4) is 11.4 Å². The largest absolute Gasteiger partial charge is 0.497 e. The molecule has 1 amide bonds. The van der Waals surface area contributed by atoms with Crippen LogP contribution in [-0.2, 0) is 13.1 Å². The van der Waals surface area contributed by atoms with Crippen LogP contribution in [0.1, 0.15) is 27.2 Å². The Morgan fingerprint density at radius 3 is 2.48 bits per heavy atom. The van der Waals surface area contributed by atoms with Gasteiger partial charge in [0.2, 0.25) is 0 Å². The number of halogens is 1. The minimum atomic E-state index is -0.441. The fraction of sp³-hybridized carbons (Fsp3) is 0.182. The van der Waals surface area contributed by atoms with E-state index < -0.39 is 11.5 Å². The summed E-state index contributed by atoms with van der Waals surface area (Å²) in [7, 11) is 1.59. The predicted molar refractivity (Wildman–Crippen MR) is 114 cm³/mol. The number of nitrogens with zero attached hydrogens (tertiary/aromatic N) is 1. The van der Waals surface area contributed by atoms with Gasteiger partial charge in [0, 0.05) is 23.8 Å². The molecule has 29 heavy (non-hydrogen) atoms. The van der Waals surface area contributed by atoms with E-state index in [0.29, 0.717) is 29.5 Å². The number of rotatable bonds is 6. The van der Waals surface area contributed by atoms with Crippen LogP contribution in [0.5, 0.6) is 5.75 Å². The van der Waals surface area contributed by atoms with Crippen LogP contribution < -0.4 is 21.3 Å². The SMILES string of the molecule is COc1ccc(CNC(=O)c2ccc(C)n(-c3ccc(CN)c(Cl)c3)c2=O)cc1. The number of nitrogens with two attached hydrogens (primary N) is 1. The van der Waals surface area contributed by atoms with Crippen molar-refractivity contribution in [2.45, 2.75) is 20.0 Å². The van der Waals surface area contributed by atoms with Crippen LogP contribution in [0.15, 0.2) is 59.4 Å². The van der Waals surface area contributed by atoms with Crippen molar-refractivity contribution in [3.05, 3.63) is 92.4 Å². The summed E-state index contributed by atoms with van der Waals surface area (Å²) in [5.74, 6) is 0.296. The molecule has 0 atom stereocenters. The van der Waals surface area contributed by atoms with Crippen molar-refractivity contribution in [1.29, 1.82) is 0 Å². The molecule has 0 saturated carbocycles. The van der Waals surface area contributed by atoms with Gasteiger partial charge in [0.25, 0.3) is 11.5 Å². The number of benzene rings is 2. The van der Waals surface area contributed by atoms with Gasteiger partial charge in [0.1, 0.15) is 11.3 Å². The normalized spacial score (nSPS) is 10.6. The number of aryl methyl sites for hydroxylation is 1. The second-order valence-corrected chi connectivity index (χ2v) is 6.95. The first-order valence-electron chi connectivity index (χ1n) is 9.07. The summed E-state index contributed by atoms with van der Waals surface area (Å²) >= 11 is 6.24. The Labute approximate surface area is 173 Å². The molecule has 0 aliphatic heterocycles. The summed E-state index contributed by atoms with van der Waals surface area (Å²) in [5, 5.41) is 3.26. The average Bonchev–Trinajstić information content (AvgIpc) is 2.72. The predicted octanol–water partition coefficient (Wildman–Crippen LogP) is 3.20. The minimum absolute atomic E-state index is 0.0585. The Hall–Kier alpha value is -3.09. The van der Waals surface area contributed by atoms with E-state index in [4.69, 9.17) is 22.1 Å². The Balaban J connectivity index is 1.86. The zero-order valence-corrected chi connectivity index (χ0v) is 17.0. The van der Waals surface area contributed by atoms with Gasteiger partial charge >= 0.3 is 0 Å². The highest BCUT2D eigenvalue weighted by Crippen LogP contribution is 2.20. The van der Waals surface area contributed by atoms with Crippen molar-refractivity contribution >= 4 is 17.5 Å². The Kier molecular flexibility index (Phi) is 6.36. The molecule has 1 aromatic heterocycles.